The van der Waals surface area contributed by atoms with E-state index < -0.39 is 0 Å². The number of ether oxygens (including phenoxy) is 1. The minimum Gasteiger partial charge on any atom is -0.474 e. The number of nitrogens with zero attached hydrogens (tertiary/aromatic N) is 2. The van der Waals surface area contributed by atoms with Crippen molar-refractivity contribution >= 4 is 21.8 Å². The van der Waals surface area contributed by atoms with Crippen molar-refractivity contribution in [1.29, 1.82) is 0 Å². The van der Waals surface area contributed by atoms with Gasteiger partial charge in [0.25, 0.3) is 0 Å². The molecule has 1 aromatic heterocycles. The number of aromatic nitrogens is 1. The van der Waals surface area contributed by atoms with Crippen LogP contribution in [0.4, 0.5) is 4.39 Å². The maximum absolute atomic E-state index is 12.7. The molecule has 0 N–H and O–H groups in total. The fourth-order valence-electron chi connectivity index (χ4n) is 1.18. The van der Waals surface area contributed by atoms with Crippen LogP contribution in [0.15, 0.2) is 21.7 Å². The minimum absolute atomic E-state index is 0.142. The normalized spacial score (nSPS) is 20.5. The van der Waals surface area contributed by atoms with E-state index in [-0.39, 0.29) is 11.9 Å². The van der Waals surface area contributed by atoms with Gasteiger partial charge in [0.2, 0.25) is 5.90 Å². The average molecular weight is 259 g/mol. The largest absolute Gasteiger partial charge is 0.474 e. The highest BCUT2D eigenvalue weighted by molar-refractivity contribution is 9.10. The molecular weight excluding hydrogens is 251 g/mol. The summed E-state index contributed by atoms with van der Waals surface area (Å²) in [7, 11) is 0. The van der Waals surface area contributed by atoms with Gasteiger partial charge in [0.15, 0.2) is 0 Å². The van der Waals surface area contributed by atoms with E-state index in [1.807, 2.05) is 6.92 Å². The van der Waals surface area contributed by atoms with Gasteiger partial charge in [-0.05, 0) is 28.9 Å². The zero-order valence-electron chi connectivity index (χ0n) is 7.50. The van der Waals surface area contributed by atoms with Gasteiger partial charge in [-0.1, -0.05) is 0 Å². The van der Waals surface area contributed by atoms with Gasteiger partial charge in [0, 0.05) is 0 Å². The van der Waals surface area contributed by atoms with Crippen LogP contribution in [-0.4, -0.2) is 23.5 Å². The quantitative estimate of drug-likeness (QED) is 0.774. The fraction of sp³-hybridized carbons (Fsp3) is 0.333. The molecular formula is C9H8BrFN2O. The number of hydrogen-bond acceptors (Lipinski definition) is 3. The van der Waals surface area contributed by atoms with Gasteiger partial charge in [0.05, 0.1) is 16.7 Å². The first-order valence-corrected chi connectivity index (χ1v) is 4.98. The number of rotatable bonds is 1. The highest BCUT2D eigenvalue weighted by Crippen LogP contribution is 2.19. The number of pyridine rings is 1. The van der Waals surface area contributed by atoms with Crippen LogP contribution in [0.25, 0.3) is 0 Å². The standard InChI is InChI=1S/C9H8BrFN2O/c1-5-4-14-9(13-5)8-7(10)2-6(11)3-12-8/h2-3,5H,4H2,1H3. The molecule has 0 radical (unpaired) electrons. The van der Waals surface area contributed by atoms with Crippen molar-refractivity contribution in [1.82, 2.24) is 4.98 Å². The number of hydrogen-bond donors (Lipinski definition) is 0. The van der Waals surface area contributed by atoms with E-state index in [0.29, 0.717) is 22.7 Å². The van der Waals surface area contributed by atoms with Crippen LogP contribution in [0, 0.1) is 5.82 Å². The highest BCUT2D eigenvalue weighted by atomic mass is 79.9. The van der Waals surface area contributed by atoms with E-state index in [1.165, 1.54) is 6.07 Å². The Hall–Kier alpha value is -0.970. The maximum atomic E-state index is 12.7. The molecule has 0 saturated carbocycles. The molecule has 1 unspecified atom stereocenters. The topological polar surface area (TPSA) is 34.5 Å². The smallest absolute Gasteiger partial charge is 0.236 e. The van der Waals surface area contributed by atoms with Gasteiger partial charge >= 0.3 is 0 Å². The van der Waals surface area contributed by atoms with Crippen molar-refractivity contribution in [2.75, 3.05) is 6.61 Å². The second-order valence-corrected chi connectivity index (χ2v) is 3.93. The van der Waals surface area contributed by atoms with Crippen molar-refractivity contribution < 1.29 is 9.13 Å². The second-order valence-electron chi connectivity index (χ2n) is 3.08. The molecule has 0 saturated heterocycles. The monoisotopic (exact) mass is 258 g/mol. The lowest BCUT2D eigenvalue weighted by atomic mass is 10.3. The molecule has 2 heterocycles. The predicted molar refractivity (Wildman–Crippen MR) is 53.8 cm³/mol. The third kappa shape index (κ3) is 1.77. The van der Waals surface area contributed by atoms with E-state index in [9.17, 15) is 4.39 Å². The second kappa shape index (κ2) is 3.65. The average Bonchev–Trinajstić information content (AvgIpc) is 2.51. The van der Waals surface area contributed by atoms with Gasteiger partial charge in [-0.3, -0.25) is 0 Å². The van der Waals surface area contributed by atoms with Crippen molar-refractivity contribution in [3.05, 3.63) is 28.2 Å². The lowest BCUT2D eigenvalue weighted by molar-refractivity contribution is 0.323. The molecule has 0 bridgehead atoms. The lowest BCUT2D eigenvalue weighted by Gasteiger charge is -2.02. The lowest BCUT2D eigenvalue weighted by Crippen LogP contribution is -2.05. The van der Waals surface area contributed by atoms with E-state index in [0.717, 1.165) is 6.20 Å². The molecule has 0 aromatic carbocycles. The predicted octanol–water partition coefficient (Wildman–Crippen LogP) is 2.15. The van der Waals surface area contributed by atoms with E-state index in [2.05, 4.69) is 25.9 Å². The zero-order chi connectivity index (χ0) is 10.1. The van der Waals surface area contributed by atoms with Crippen LogP contribution in [-0.2, 0) is 4.74 Å². The molecule has 1 aliphatic rings. The molecule has 0 aliphatic carbocycles. The molecule has 5 heteroatoms. The Kier molecular flexibility index (Phi) is 2.50. The van der Waals surface area contributed by atoms with Crippen LogP contribution < -0.4 is 0 Å². The molecule has 3 nitrogen and oxygen atoms in total. The Bertz CT molecular complexity index is 394. The highest BCUT2D eigenvalue weighted by Gasteiger charge is 2.19. The number of aliphatic imine (C=N–C) groups is 1. The van der Waals surface area contributed by atoms with Gasteiger partial charge < -0.3 is 4.74 Å². The zero-order valence-corrected chi connectivity index (χ0v) is 9.08. The molecule has 14 heavy (non-hydrogen) atoms. The van der Waals surface area contributed by atoms with Crippen LogP contribution >= 0.6 is 15.9 Å². The molecule has 1 atom stereocenters. The summed E-state index contributed by atoms with van der Waals surface area (Å²) in [6.45, 7) is 2.51. The third-order valence-corrected chi connectivity index (χ3v) is 2.41. The van der Waals surface area contributed by atoms with Crippen molar-refractivity contribution in [3.63, 3.8) is 0 Å². The minimum atomic E-state index is -0.382. The number of halogens is 2. The van der Waals surface area contributed by atoms with E-state index in [4.69, 9.17) is 4.74 Å². The maximum Gasteiger partial charge on any atom is 0.236 e. The first kappa shape index (κ1) is 9.58. The summed E-state index contributed by atoms with van der Waals surface area (Å²) in [5, 5.41) is 0. The van der Waals surface area contributed by atoms with Gasteiger partial charge in [-0.15, -0.1) is 0 Å². The first-order valence-electron chi connectivity index (χ1n) is 4.19. The van der Waals surface area contributed by atoms with Crippen LogP contribution in [0.3, 0.4) is 0 Å². The summed E-state index contributed by atoms with van der Waals surface area (Å²) in [6.07, 6.45) is 1.15. The Morgan fingerprint density at radius 2 is 2.43 bits per heavy atom. The van der Waals surface area contributed by atoms with Gasteiger partial charge in [0.1, 0.15) is 18.1 Å². The molecule has 74 valence electrons. The summed E-state index contributed by atoms with van der Waals surface area (Å²) in [6, 6.07) is 1.49. The summed E-state index contributed by atoms with van der Waals surface area (Å²) in [4.78, 5) is 8.15. The van der Waals surface area contributed by atoms with Gasteiger partial charge in [-0.25, -0.2) is 14.4 Å². The van der Waals surface area contributed by atoms with Crippen molar-refractivity contribution in [3.8, 4) is 0 Å². The SMILES string of the molecule is CC1COC(c2ncc(F)cc2Br)=N1. The molecule has 1 aliphatic heterocycles. The van der Waals surface area contributed by atoms with Crippen LogP contribution in [0.2, 0.25) is 0 Å². The molecule has 0 fully saturated rings. The summed E-state index contributed by atoms with van der Waals surface area (Å²) in [5.74, 6) is 0.0941. The summed E-state index contributed by atoms with van der Waals surface area (Å²) in [5.41, 5.74) is 0.552. The van der Waals surface area contributed by atoms with Crippen LogP contribution in [0.1, 0.15) is 12.6 Å². The Labute approximate surface area is 89.1 Å². The van der Waals surface area contributed by atoms with Crippen LogP contribution in [0.5, 0.6) is 0 Å². The summed E-state index contributed by atoms with van der Waals surface area (Å²) >= 11 is 3.21. The molecule has 1 aromatic rings. The molecule has 0 spiro atoms. The Morgan fingerprint density at radius 1 is 1.64 bits per heavy atom. The molecule has 2 rings (SSSR count). The fourth-order valence-corrected chi connectivity index (χ4v) is 1.67. The van der Waals surface area contributed by atoms with E-state index in [1.54, 1.807) is 0 Å². The first-order chi connectivity index (χ1) is 6.66. The Morgan fingerprint density at radius 3 is 3.00 bits per heavy atom. The van der Waals surface area contributed by atoms with Crippen molar-refractivity contribution in [2.24, 2.45) is 4.99 Å². The molecule has 0 amide bonds. The summed E-state index contributed by atoms with van der Waals surface area (Å²) < 4.78 is 18.6. The van der Waals surface area contributed by atoms with Crippen molar-refractivity contribution in [2.45, 2.75) is 13.0 Å². The van der Waals surface area contributed by atoms with E-state index >= 15 is 0 Å². The van der Waals surface area contributed by atoms with Gasteiger partial charge in [-0.2, -0.15) is 0 Å². The third-order valence-electron chi connectivity index (χ3n) is 1.81. The Balaban J connectivity index is 2.37.